The lowest BCUT2D eigenvalue weighted by Crippen LogP contribution is -2.07. The van der Waals surface area contributed by atoms with Crippen molar-refractivity contribution in [2.75, 3.05) is 5.32 Å². The first-order valence-electron chi connectivity index (χ1n) is 6.91. The topological polar surface area (TPSA) is 24.9 Å². The molecule has 1 heterocycles. The van der Waals surface area contributed by atoms with Crippen LogP contribution in [0.5, 0.6) is 0 Å². The van der Waals surface area contributed by atoms with Crippen LogP contribution in [-0.4, -0.2) is 4.98 Å². The molecule has 2 aromatic carbocycles. The molecule has 20 heavy (non-hydrogen) atoms. The summed E-state index contributed by atoms with van der Waals surface area (Å²) >= 11 is 0. The van der Waals surface area contributed by atoms with Crippen molar-refractivity contribution in [2.45, 2.75) is 19.9 Å². The van der Waals surface area contributed by atoms with E-state index in [2.05, 4.69) is 72.7 Å². The maximum absolute atomic E-state index is 4.48. The van der Waals surface area contributed by atoms with Crippen molar-refractivity contribution in [1.29, 1.82) is 0 Å². The highest BCUT2D eigenvalue weighted by molar-refractivity contribution is 5.90. The van der Waals surface area contributed by atoms with Crippen LogP contribution in [0.2, 0.25) is 0 Å². The van der Waals surface area contributed by atoms with Gasteiger partial charge < -0.3 is 5.32 Å². The van der Waals surface area contributed by atoms with Crippen molar-refractivity contribution in [1.82, 2.24) is 4.98 Å². The SMILES string of the molecule is Cc1cccc(C(C)Nc2cccc3cccnc23)c1. The molecule has 0 aliphatic rings. The molecule has 1 N–H and O–H groups in total. The zero-order valence-corrected chi connectivity index (χ0v) is 11.8. The fraction of sp³-hybridized carbons (Fsp3) is 0.167. The van der Waals surface area contributed by atoms with Gasteiger partial charge in [-0.1, -0.05) is 48.0 Å². The van der Waals surface area contributed by atoms with Crippen LogP contribution in [0.3, 0.4) is 0 Å². The Morgan fingerprint density at radius 2 is 1.80 bits per heavy atom. The number of aryl methyl sites for hydroxylation is 1. The van der Waals surface area contributed by atoms with Crippen molar-refractivity contribution in [2.24, 2.45) is 0 Å². The number of benzene rings is 2. The van der Waals surface area contributed by atoms with Crippen LogP contribution in [-0.2, 0) is 0 Å². The van der Waals surface area contributed by atoms with Gasteiger partial charge in [-0.3, -0.25) is 4.98 Å². The van der Waals surface area contributed by atoms with Crippen LogP contribution >= 0.6 is 0 Å². The largest absolute Gasteiger partial charge is 0.377 e. The van der Waals surface area contributed by atoms with E-state index in [1.54, 1.807) is 0 Å². The Bertz CT molecular complexity index is 729. The van der Waals surface area contributed by atoms with Gasteiger partial charge in [0.05, 0.1) is 11.2 Å². The highest BCUT2D eigenvalue weighted by atomic mass is 14.9. The second-order valence-electron chi connectivity index (χ2n) is 5.16. The number of nitrogens with one attached hydrogen (secondary N) is 1. The van der Waals surface area contributed by atoms with E-state index in [0.717, 1.165) is 16.6 Å². The normalized spacial score (nSPS) is 12.3. The number of nitrogens with zero attached hydrogens (tertiary/aromatic N) is 1. The molecule has 0 amide bonds. The second-order valence-corrected chi connectivity index (χ2v) is 5.16. The van der Waals surface area contributed by atoms with Gasteiger partial charge in [0.1, 0.15) is 0 Å². The standard InChI is InChI=1S/C18H18N2/c1-13-6-3-8-16(12-13)14(2)20-17-10-4-7-15-9-5-11-19-18(15)17/h3-12,14,20H,1-2H3. The number of pyridine rings is 1. The molecule has 0 aliphatic carbocycles. The molecule has 0 spiro atoms. The van der Waals surface area contributed by atoms with Gasteiger partial charge in [-0.15, -0.1) is 0 Å². The van der Waals surface area contributed by atoms with Gasteiger partial charge in [-0.2, -0.15) is 0 Å². The van der Waals surface area contributed by atoms with Gasteiger partial charge >= 0.3 is 0 Å². The monoisotopic (exact) mass is 262 g/mol. The number of rotatable bonds is 3. The molecule has 0 aliphatic heterocycles. The minimum absolute atomic E-state index is 0.252. The molecule has 100 valence electrons. The number of fused-ring (bicyclic) bond motifs is 1. The van der Waals surface area contributed by atoms with E-state index in [1.165, 1.54) is 11.1 Å². The summed E-state index contributed by atoms with van der Waals surface area (Å²) in [6.45, 7) is 4.30. The molecule has 0 bridgehead atoms. The molecule has 0 fully saturated rings. The van der Waals surface area contributed by atoms with Gasteiger partial charge in [0.15, 0.2) is 0 Å². The average Bonchev–Trinajstić information content (AvgIpc) is 2.47. The lowest BCUT2D eigenvalue weighted by molar-refractivity contribution is 0.884. The zero-order valence-electron chi connectivity index (χ0n) is 11.8. The fourth-order valence-corrected chi connectivity index (χ4v) is 2.48. The van der Waals surface area contributed by atoms with E-state index in [-0.39, 0.29) is 6.04 Å². The lowest BCUT2D eigenvalue weighted by atomic mass is 10.1. The van der Waals surface area contributed by atoms with Gasteiger partial charge in [0.2, 0.25) is 0 Å². The molecule has 3 rings (SSSR count). The quantitative estimate of drug-likeness (QED) is 0.739. The molecular weight excluding hydrogens is 244 g/mol. The Hall–Kier alpha value is -2.35. The number of anilines is 1. The third-order valence-electron chi connectivity index (χ3n) is 3.55. The summed E-state index contributed by atoms with van der Waals surface area (Å²) in [4.78, 5) is 4.48. The first kappa shape index (κ1) is 12.7. The summed E-state index contributed by atoms with van der Waals surface area (Å²) in [6.07, 6.45) is 1.84. The highest BCUT2D eigenvalue weighted by Gasteiger charge is 2.08. The van der Waals surface area contributed by atoms with Gasteiger partial charge in [-0.25, -0.2) is 0 Å². The molecule has 1 unspecified atom stereocenters. The van der Waals surface area contributed by atoms with Crippen molar-refractivity contribution in [3.63, 3.8) is 0 Å². The first-order valence-corrected chi connectivity index (χ1v) is 6.91. The van der Waals surface area contributed by atoms with E-state index < -0.39 is 0 Å². The molecule has 0 saturated heterocycles. The summed E-state index contributed by atoms with van der Waals surface area (Å²) in [7, 11) is 0. The molecular formula is C18H18N2. The third kappa shape index (κ3) is 2.50. The van der Waals surface area contributed by atoms with Crippen LogP contribution in [0.4, 0.5) is 5.69 Å². The molecule has 1 atom stereocenters. The zero-order chi connectivity index (χ0) is 13.9. The van der Waals surface area contributed by atoms with E-state index in [1.807, 2.05) is 12.3 Å². The maximum atomic E-state index is 4.48. The van der Waals surface area contributed by atoms with Crippen molar-refractivity contribution < 1.29 is 0 Å². The lowest BCUT2D eigenvalue weighted by Gasteiger charge is -2.17. The molecule has 0 saturated carbocycles. The van der Waals surface area contributed by atoms with Crippen molar-refractivity contribution in [3.05, 3.63) is 71.9 Å². The number of hydrogen-bond donors (Lipinski definition) is 1. The predicted octanol–water partition coefficient (Wildman–Crippen LogP) is 4.72. The third-order valence-corrected chi connectivity index (χ3v) is 3.55. The minimum Gasteiger partial charge on any atom is -0.377 e. The number of aromatic nitrogens is 1. The smallest absolute Gasteiger partial charge is 0.0933 e. The first-order chi connectivity index (χ1) is 9.74. The van der Waals surface area contributed by atoms with Crippen LogP contribution in [0.15, 0.2) is 60.8 Å². The van der Waals surface area contributed by atoms with Crippen LogP contribution in [0.25, 0.3) is 10.9 Å². The van der Waals surface area contributed by atoms with E-state index >= 15 is 0 Å². The maximum Gasteiger partial charge on any atom is 0.0933 e. The predicted molar refractivity (Wildman–Crippen MR) is 85.0 cm³/mol. The molecule has 2 nitrogen and oxygen atoms in total. The Kier molecular flexibility index (Phi) is 3.38. The van der Waals surface area contributed by atoms with E-state index in [9.17, 15) is 0 Å². The fourth-order valence-electron chi connectivity index (χ4n) is 2.48. The summed E-state index contributed by atoms with van der Waals surface area (Å²) < 4.78 is 0. The Labute approximate surface area is 119 Å². The second kappa shape index (κ2) is 5.33. The summed E-state index contributed by atoms with van der Waals surface area (Å²) in [5.74, 6) is 0. The van der Waals surface area contributed by atoms with Crippen LogP contribution in [0, 0.1) is 6.92 Å². The summed E-state index contributed by atoms with van der Waals surface area (Å²) in [5, 5.41) is 4.73. The van der Waals surface area contributed by atoms with Gasteiger partial charge in [0, 0.05) is 17.6 Å². The van der Waals surface area contributed by atoms with Gasteiger partial charge in [0.25, 0.3) is 0 Å². The molecule has 3 aromatic rings. The minimum atomic E-state index is 0.252. The molecule has 1 aromatic heterocycles. The molecule has 0 radical (unpaired) electrons. The Balaban J connectivity index is 1.93. The number of hydrogen-bond acceptors (Lipinski definition) is 2. The van der Waals surface area contributed by atoms with Crippen LogP contribution < -0.4 is 5.32 Å². The highest BCUT2D eigenvalue weighted by Crippen LogP contribution is 2.25. The van der Waals surface area contributed by atoms with E-state index in [4.69, 9.17) is 0 Å². The average molecular weight is 262 g/mol. The van der Waals surface area contributed by atoms with Crippen LogP contribution in [0.1, 0.15) is 24.1 Å². The number of para-hydroxylation sites is 1. The van der Waals surface area contributed by atoms with Crippen molar-refractivity contribution in [3.8, 4) is 0 Å². The summed E-state index contributed by atoms with van der Waals surface area (Å²) in [6, 6.07) is 19.1. The van der Waals surface area contributed by atoms with E-state index in [0.29, 0.717) is 0 Å². The molecule has 2 heteroatoms. The van der Waals surface area contributed by atoms with Gasteiger partial charge in [-0.05, 0) is 31.5 Å². The van der Waals surface area contributed by atoms with Crippen molar-refractivity contribution >= 4 is 16.6 Å². The Morgan fingerprint density at radius 3 is 2.65 bits per heavy atom. The Morgan fingerprint density at radius 1 is 1.00 bits per heavy atom. The summed E-state index contributed by atoms with van der Waals surface area (Å²) in [5.41, 5.74) is 4.68.